The topological polar surface area (TPSA) is 105 Å². The predicted molar refractivity (Wildman–Crippen MR) is 123 cm³/mol. The van der Waals surface area contributed by atoms with Crippen LogP contribution in [0, 0.1) is 0 Å². The normalized spacial score (nSPS) is 22.7. The Labute approximate surface area is 197 Å². The summed E-state index contributed by atoms with van der Waals surface area (Å²) in [5.41, 5.74) is 4.63. The van der Waals surface area contributed by atoms with Crippen LogP contribution in [0.3, 0.4) is 0 Å². The van der Waals surface area contributed by atoms with E-state index in [4.69, 9.17) is 9.47 Å². The smallest absolute Gasteiger partial charge is 0.407 e. The zero-order chi connectivity index (χ0) is 23.7. The van der Waals surface area contributed by atoms with Crippen molar-refractivity contribution < 1.29 is 29.0 Å². The van der Waals surface area contributed by atoms with Gasteiger partial charge < -0.3 is 24.8 Å². The first kappa shape index (κ1) is 22.4. The summed E-state index contributed by atoms with van der Waals surface area (Å²) in [4.78, 5) is 38.1. The van der Waals surface area contributed by atoms with Crippen LogP contribution in [0.25, 0.3) is 11.1 Å². The van der Waals surface area contributed by atoms with E-state index in [-0.39, 0.29) is 43.5 Å². The molecule has 0 bridgehead atoms. The van der Waals surface area contributed by atoms with E-state index in [2.05, 4.69) is 29.6 Å². The number of ether oxygens (including phenoxy) is 2. The van der Waals surface area contributed by atoms with Crippen LogP contribution in [0.1, 0.15) is 42.7 Å². The summed E-state index contributed by atoms with van der Waals surface area (Å²) in [6, 6.07) is 15.3. The average molecular weight is 465 g/mol. The molecule has 3 atom stereocenters. The van der Waals surface area contributed by atoms with Gasteiger partial charge in [0.15, 0.2) is 0 Å². The minimum atomic E-state index is -0.997. The Hall–Kier alpha value is -3.39. The van der Waals surface area contributed by atoms with Crippen LogP contribution < -0.4 is 5.32 Å². The van der Waals surface area contributed by atoms with Crippen LogP contribution in [0.5, 0.6) is 0 Å². The molecule has 2 fully saturated rings. The molecule has 0 spiro atoms. The molecule has 1 aliphatic carbocycles. The van der Waals surface area contributed by atoms with Gasteiger partial charge in [-0.15, -0.1) is 0 Å². The van der Waals surface area contributed by atoms with Crippen LogP contribution in [0.2, 0.25) is 0 Å². The first-order chi connectivity index (χ1) is 16.5. The highest BCUT2D eigenvalue weighted by Crippen LogP contribution is 2.44. The summed E-state index contributed by atoms with van der Waals surface area (Å²) in [5.74, 6) is -1.22. The lowest BCUT2D eigenvalue weighted by atomic mass is 9.98. The molecule has 0 aromatic heterocycles. The van der Waals surface area contributed by atoms with Gasteiger partial charge in [0.2, 0.25) is 5.91 Å². The molecular weight excluding hydrogens is 436 g/mol. The molecule has 178 valence electrons. The van der Waals surface area contributed by atoms with Crippen LogP contribution in [-0.2, 0) is 19.1 Å². The molecule has 2 N–H and O–H groups in total. The maximum absolute atomic E-state index is 12.7. The molecule has 2 aromatic carbocycles. The molecule has 2 aliphatic heterocycles. The third kappa shape index (κ3) is 4.14. The van der Waals surface area contributed by atoms with E-state index in [1.807, 2.05) is 24.3 Å². The Kier molecular flexibility index (Phi) is 6.24. The number of carboxylic acids is 1. The number of fused-ring (bicyclic) bond motifs is 4. The Morgan fingerprint density at radius 2 is 1.74 bits per heavy atom. The number of aliphatic carboxylic acids is 1. The van der Waals surface area contributed by atoms with Gasteiger partial charge in [-0.2, -0.15) is 0 Å². The minimum Gasteiger partial charge on any atom is -0.480 e. The van der Waals surface area contributed by atoms with Crippen LogP contribution >= 0.6 is 0 Å². The van der Waals surface area contributed by atoms with Crippen LogP contribution in [-0.4, -0.2) is 65.9 Å². The number of hydrogen-bond donors (Lipinski definition) is 2. The summed E-state index contributed by atoms with van der Waals surface area (Å²) in [6.45, 7) is 1.06. The van der Waals surface area contributed by atoms with Crippen molar-refractivity contribution in [1.82, 2.24) is 10.2 Å². The molecule has 3 aliphatic rings. The third-order valence-electron chi connectivity index (χ3n) is 7.08. The molecule has 2 saturated heterocycles. The van der Waals surface area contributed by atoms with E-state index in [0.717, 1.165) is 11.1 Å². The molecule has 2 aromatic rings. The number of carbonyl (C=O) groups excluding carboxylic acids is 2. The van der Waals surface area contributed by atoms with Gasteiger partial charge in [-0.3, -0.25) is 4.79 Å². The van der Waals surface area contributed by atoms with Crippen molar-refractivity contribution in [2.45, 2.75) is 49.8 Å². The zero-order valence-corrected chi connectivity index (χ0v) is 18.8. The van der Waals surface area contributed by atoms with Crippen molar-refractivity contribution in [2.24, 2.45) is 0 Å². The monoisotopic (exact) mass is 464 g/mol. The number of alkyl carbamates (subject to hydrolysis) is 1. The number of carbonyl (C=O) groups is 3. The number of nitrogens with zero attached hydrogens (tertiary/aromatic N) is 1. The largest absolute Gasteiger partial charge is 0.480 e. The summed E-state index contributed by atoms with van der Waals surface area (Å²) >= 11 is 0. The maximum Gasteiger partial charge on any atom is 0.407 e. The first-order valence-corrected chi connectivity index (χ1v) is 11.8. The molecular formula is C26H28N2O6. The summed E-state index contributed by atoms with van der Waals surface area (Å²) < 4.78 is 11.1. The van der Waals surface area contributed by atoms with Crippen LogP contribution in [0.15, 0.2) is 48.5 Å². The lowest BCUT2D eigenvalue weighted by molar-refractivity contribution is -0.149. The molecule has 2 heterocycles. The van der Waals surface area contributed by atoms with Crippen molar-refractivity contribution in [3.05, 3.63) is 59.7 Å². The predicted octanol–water partition coefficient (Wildman–Crippen LogP) is 3.15. The highest BCUT2D eigenvalue weighted by molar-refractivity contribution is 5.85. The second-order valence-corrected chi connectivity index (χ2v) is 9.01. The maximum atomic E-state index is 12.7. The van der Waals surface area contributed by atoms with Gasteiger partial charge in [0.1, 0.15) is 12.6 Å². The standard InChI is InChI=1S/C26H28N2O6/c29-24(28-21-11-13-33-23(21)14-22(28)25(30)31)10-5-12-27-26(32)34-15-20-18-8-3-1-6-16(18)17-7-2-4-9-19(17)20/h1-4,6-9,20-23H,5,10-15H2,(H,27,32)(H,30,31)/t21-,22?,23-/m1/s1. The van der Waals surface area contributed by atoms with Gasteiger partial charge >= 0.3 is 12.1 Å². The summed E-state index contributed by atoms with van der Waals surface area (Å²) in [6.07, 6.45) is 0.857. The lowest BCUT2D eigenvalue weighted by Gasteiger charge is -2.26. The van der Waals surface area contributed by atoms with Gasteiger partial charge in [-0.25, -0.2) is 9.59 Å². The van der Waals surface area contributed by atoms with Gasteiger partial charge in [0, 0.05) is 31.9 Å². The van der Waals surface area contributed by atoms with Gasteiger partial charge in [-0.05, 0) is 35.1 Å². The fourth-order valence-electron chi connectivity index (χ4n) is 5.53. The second kappa shape index (κ2) is 9.46. The van der Waals surface area contributed by atoms with E-state index >= 15 is 0 Å². The summed E-state index contributed by atoms with van der Waals surface area (Å²) in [7, 11) is 0. The summed E-state index contributed by atoms with van der Waals surface area (Å²) in [5, 5.41) is 12.2. The molecule has 0 saturated carbocycles. The number of rotatable bonds is 7. The average Bonchev–Trinajstić information content (AvgIpc) is 3.52. The second-order valence-electron chi connectivity index (χ2n) is 9.01. The quantitative estimate of drug-likeness (QED) is 0.610. The number of benzene rings is 2. The molecule has 2 amide bonds. The van der Waals surface area contributed by atoms with E-state index in [1.54, 1.807) is 0 Å². The van der Waals surface area contributed by atoms with E-state index in [9.17, 15) is 19.5 Å². The zero-order valence-electron chi connectivity index (χ0n) is 18.8. The van der Waals surface area contributed by atoms with Crippen molar-refractivity contribution in [3.8, 4) is 11.1 Å². The molecule has 8 heteroatoms. The van der Waals surface area contributed by atoms with Crippen molar-refractivity contribution in [2.75, 3.05) is 19.8 Å². The van der Waals surface area contributed by atoms with Gasteiger partial charge in [0.05, 0.1) is 12.1 Å². The molecule has 5 rings (SSSR count). The molecule has 1 unspecified atom stereocenters. The van der Waals surface area contributed by atoms with Crippen molar-refractivity contribution in [3.63, 3.8) is 0 Å². The number of carboxylic acid groups (broad SMARTS) is 1. The molecule has 0 radical (unpaired) electrons. The minimum absolute atomic E-state index is 0.00979. The highest BCUT2D eigenvalue weighted by Gasteiger charge is 2.49. The highest BCUT2D eigenvalue weighted by atomic mass is 16.5. The fourth-order valence-corrected chi connectivity index (χ4v) is 5.53. The van der Waals surface area contributed by atoms with E-state index in [0.29, 0.717) is 25.9 Å². The first-order valence-electron chi connectivity index (χ1n) is 11.8. The van der Waals surface area contributed by atoms with Gasteiger partial charge in [-0.1, -0.05) is 48.5 Å². The molecule has 8 nitrogen and oxygen atoms in total. The lowest BCUT2D eigenvalue weighted by Crippen LogP contribution is -2.45. The molecule has 34 heavy (non-hydrogen) atoms. The number of likely N-dealkylation sites (tertiary alicyclic amines) is 1. The Morgan fingerprint density at radius 1 is 1.06 bits per heavy atom. The number of nitrogens with one attached hydrogen (secondary N) is 1. The SMILES string of the molecule is O=C(NCCCC(=O)N1C(C(=O)O)C[C@H]2OCC[C@H]21)OCC1c2ccccc2-c2ccccc21. The third-order valence-corrected chi connectivity index (χ3v) is 7.08. The Balaban J connectivity index is 1.10. The number of amides is 2. The van der Waals surface area contributed by atoms with Crippen molar-refractivity contribution >= 4 is 18.0 Å². The van der Waals surface area contributed by atoms with E-state index in [1.165, 1.54) is 16.0 Å². The fraction of sp³-hybridized carbons (Fsp3) is 0.423. The van der Waals surface area contributed by atoms with Crippen LogP contribution in [0.4, 0.5) is 4.79 Å². The Bertz CT molecular complexity index is 1060. The number of hydrogen-bond acceptors (Lipinski definition) is 5. The Morgan fingerprint density at radius 3 is 2.41 bits per heavy atom. The van der Waals surface area contributed by atoms with E-state index < -0.39 is 18.1 Å². The van der Waals surface area contributed by atoms with Crippen molar-refractivity contribution in [1.29, 1.82) is 0 Å². The van der Waals surface area contributed by atoms with Gasteiger partial charge in [0.25, 0.3) is 0 Å².